The van der Waals surface area contributed by atoms with Crippen molar-refractivity contribution < 1.29 is 4.79 Å². The van der Waals surface area contributed by atoms with E-state index in [1.807, 2.05) is 42.6 Å². The summed E-state index contributed by atoms with van der Waals surface area (Å²) in [5, 5.41) is 13.0. The van der Waals surface area contributed by atoms with Crippen LogP contribution >= 0.6 is 0 Å². The highest BCUT2D eigenvalue weighted by Crippen LogP contribution is 2.25. The number of aryl methyl sites for hydroxylation is 1. The number of benzene rings is 2. The number of aromatic nitrogens is 1. The van der Waals surface area contributed by atoms with Gasteiger partial charge in [-0.2, -0.15) is 5.26 Å². The fraction of sp³-hybridized carbons (Fsp3) is 0.280. The van der Waals surface area contributed by atoms with E-state index in [4.69, 9.17) is 5.26 Å². The molecule has 4 rings (SSSR count). The number of anilines is 1. The Hall–Kier alpha value is -3.52. The Morgan fingerprint density at radius 2 is 1.87 bits per heavy atom. The van der Waals surface area contributed by atoms with Gasteiger partial charge >= 0.3 is 0 Å². The number of para-hydroxylation sites is 2. The van der Waals surface area contributed by atoms with E-state index in [0.717, 1.165) is 35.1 Å². The van der Waals surface area contributed by atoms with Gasteiger partial charge in [-0.05, 0) is 36.6 Å². The number of fused-ring (bicyclic) bond motifs is 1. The minimum Gasteiger partial charge on any atom is -0.371 e. The number of nitrogens with one attached hydrogen (secondary N) is 1. The van der Waals surface area contributed by atoms with Gasteiger partial charge in [0.05, 0.1) is 12.5 Å². The molecule has 1 saturated heterocycles. The van der Waals surface area contributed by atoms with E-state index in [2.05, 4.69) is 39.1 Å². The van der Waals surface area contributed by atoms with Crippen molar-refractivity contribution in [3.63, 3.8) is 0 Å². The number of hydrogen-bond donors (Lipinski definition) is 1. The highest BCUT2D eigenvalue weighted by Gasteiger charge is 2.15. The van der Waals surface area contributed by atoms with E-state index in [1.54, 1.807) is 6.08 Å². The quantitative estimate of drug-likeness (QED) is 0.597. The van der Waals surface area contributed by atoms with Crippen LogP contribution in [0, 0.1) is 11.3 Å². The molecule has 2 heterocycles. The van der Waals surface area contributed by atoms with Crippen LogP contribution in [0.3, 0.4) is 0 Å². The molecule has 2 aromatic carbocycles. The predicted octanol–water partition coefficient (Wildman–Crippen LogP) is 4.48. The van der Waals surface area contributed by atoms with E-state index >= 15 is 0 Å². The monoisotopic (exact) mass is 398 g/mol. The summed E-state index contributed by atoms with van der Waals surface area (Å²) in [6.45, 7) is 3.32. The Kier molecular flexibility index (Phi) is 6.14. The zero-order valence-electron chi connectivity index (χ0n) is 17.1. The molecule has 5 nitrogen and oxygen atoms in total. The van der Waals surface area contributed by atoms with Crippen LogP contribution in [0.4, 0.5) is 5.69 Å². The topological polar surface area (TPSA) is 61.1 Å². The molecule has 0 saturated carbocycles. The molecule has 0 aliphatic carbocycles. The first kappa shape index (κ1) is 19.8. The van der Waals surface area contributed by atoms with Crippen LogP contribution in [-0.4, -0.2) is 23.6 Å². The van der Waals surface area contributed by atoms with Crippen LogP contribution in [0.5, 0.6) is 0 Å². The molecule has 1 aliphatic heterocycles. The molecule has 152 valence electrons. The minimum atomic E-state index is -0.111. The molecular formula is C25H26N4O. The van der Waals surface area contributed by atoms with E-state index in [-0.39, 0.29) is 5.91 Å². The normalized spacial score (nSPS) is 13.8. The second-order valence-corrected chi connectivity index (χ2v) is 7.58. The van der Waals surface area contributed by atoms with Crippen LogP contribution in [0.2, 0.25) is 0 Å². The Morgan fingerprint density at radius 1 is 1.10 bits per heavy atom. The van der Waals surface area contributed by atoms with Gasteiger partial charge in [-0.15, -0.1) is 0 Å². The first-order valence-corrected chi connectivity index (χ1v) is 10.5. The fourth-order valence-electron chi connectivity index (χ4n) is 4.10. The molecule has 1 aliphatic rings. The molecule has 30 heavy (non-hydrogen) atoms. The van der Waals surface area contributed by atoms with Crippen molar-refractivity contribution in [3.8, 4) is 6.07 Å². The van der Waals surface area contributed by atoms with Crippen molar-refractivity contribution in [3.05, 3.63) is 71.9 Å². The van der Waals surface area contributed by atoms with Crippen molar-refractivity contribution in [2.24, 2.45) is 0 Å². The van der Waals surface area contributed by atoms with Crippen molar-refractivity contribution in [1.82, 2.24) is 9.88 Å². The molecule has 1 aromatic heterocycles. The van der Waals surface area contributed by atoms with Gasteiger partial charge in [-0.3, -0.25) is 4.79 Å². The van der Waals surface area contributed by atoms with Crippen LogP contribution < -0.4 is 10.2 Å². The molecular weight excluding hydrogens is 372 g/mol. The van der Waals surface area contributed by atoms with Gasteiger partial charge in [-0.25, -0.2) is 0 Å². The first-order chi connectivity index (χ1) is 14.8. The maximum Gasteiger partial charge on any atom is 0.244 e. The standard InChI is InChI=1S/C25H26N4O/c26-14-7-17-29-19-21(22-9-2-4-11-24(22)29)12-13-25(30)27-18-20-8-1-3-10-23(20)28-15-5-6-16-28/h1-4,8-13,19H,5-7,15-18H2,(H,27,30)/b13-12+. The molecule has 5 heteroatoms. The molecule has 1 amide bonds. The maximum absolute atomic E-state index is 12.5. The van der Waals surface area contributed by atoms with Crippen molar-refractivity contribution in [1.29, 1.82) is 5.26 Å². The Balaban J connectivity index is 1.45. The molecule has 0 bridgehead atoms. The lowest BCUT2D eigenvalue weighted by Crippen LogP contribution is -2.24. The number of carbonyl (C=O) groups is 1. The lowest BCUT2D eigenvalue weighted by molar-refractivity contribution is -0.116. The number of carbonyl (C=O) groups excluding carboxylic acids is 1. The number of nitrogens with zero attached hydrogens (tertiary/aromatic N) is 3. The molecule has 0 spiro atoms. The van der Waals surface area contributed by atoms with Crippen molar-refractivity contribution in [2.75, 3.05) is 18.0 Å². The van der Waals surface area contributed by atoms with E-state index in [1.165, 1.54) is 18.5 Å². The average Bonchev–Trinajstić information content (AvgIpc) is 3.43. The highest BCUT2D eigenvalue weighted by atomic mass is 16.1. The summed E-state index contributed by atoms with van der Waals surface area (Å²) in [5.41, 5.74) is 4.43. The van der Waals surface area contributed by atoms with Gasteiger partial charge in [0, 0.05) is 60.6 Å². The van der Waals surface area contributed by atoms with Crippen molar-refractivity contribution >= 4 is 28.6 Å². The van der Waals surface area contributed by atoms with Crippen LogP contribution in [-0.2, 0) is 17.9 Å². The molecule has 1 N–H and O–H groups in total. The van der Waals surface area contributed by atoms with Gasteiger partial charge in [0.25, 0.3) is 0 Å². The van der Waals surface area contributed by atoms with Gasteiger partial charge < -0.3 is 14.8 Å². The second-order valence-electron chi connectivity index (χ2n) is 7.58. The summed E-state index contributed by atoms with van der Waals surface area (Å²) >= 11 is 0. The SMILES string of the molecule is N#CCCn1cc(/C=C/C(=O)NCc2ccccc2N2CCCC2)c2ccccc21. The van der Waals surface area contributed by atoms with Gasteiger partial charge in [0.2, 0.25) is 5.91 Å². The summed E-state index contributed by atoms with van der Waals surface area (Å²) < 4.78 is 2.07. The largest absolute Gasteiger partial charge is 0.371 e. The fourth-order valence-corrected chi connectivity index (χ4v) is 4.10. The molecule has 0 radical (unpaired) electrons. The molecule has 3 aromatic rings. The third-order valence-electron chi connectivity index (χ3n) is 5.59. The zero-order chi connectivity index (χ0) is 20.8. The third-order valence-corrected chi connectivity index (χ3v) is 5.59. The van der Waals surface area contributed by atoms with E-state index in [0.29, 0.717) is 19.5 Å². The average molecular weight is 399 g/mol. The van der Waals surface area contributed by atoms with Gasteiger partial charge in [0.15, 0.2) is 0 Å². The van der Waals surface area contributed by atoms with E-state index < -0.39 is 0 Å². The lowest BCUT2D eigenvalue weighted by atomic mass is 10.1. The van der Waals surface area contributed by atoms with Crippen LogP contribution in [0.15, 0.2) is 60.8 Å². The van der Waals surface area contributed by atoms with Gasteiger partial charge in [0.1, 0.15) is 0 Å². The summed E-state index contributed by atoms with van der Waals surface area (Å²) in [5.74, 6) is -0.111. The number of hydrogen-bond acceptors (Lipinski definition) is 3. The Bertz CT molecular complexity index is 1100. The zero-order valence-corrected chi connectivity index (χ0v) is 17.1. The predicted molar refractivity (Wildman–Crippen MR) is 121 cm³/mol. The van der Waals surface area contributed by atoms with Gasteiger partial charge in [-0.1, -0.05) is 36.4 Å². The smallest absolute Gasteiger partial charge is 0.244 e. The summed E-state index contributed by atoms with van der Waals surface area (Å²) in [7, 11) is 0. The summed E-state index contributed by atoms with van der Waals surface area (Å²) in [4.78, 5) is 14.9. The summed E-state index contributed by atoms with van der Waals surface area (Å²) in [6.07, 6.45) is 8.37. The molecule has 0 unspecified atom stereocenters. The minimum absolute atomic E-state index is 0.111. The Morgan fingerprint density at radius 3 is 2.70 bits per heavy atom. The molecule has 1 fully saturated rings. The van der Waals surface area contributed by atoms with E-state index in [9.17, 15) is 4.79 Å². The van der Waals surface area contributed by atoms with Crippen molar-refractivity contribution in [2.45, 2.75) is 32.4 Å². The number of amides is 1. The third kappa shape index (κ3) is 4.38. The number of nitriles is 1. The van der Waals surface area contributed by atoms with Crippen LogP contribution in [0.25, 0.3) is 17.0 Å². The number of rotatable bonds is 7. The lowest BCUT2D eigenvalue weighted by Gasteiger charge is -2.21. The highest BCUT2D eigenvalue weighted by molar-refractivity contribution is 5.96. The molecule has 0 atom stereocenters. The second kappa shape index (κ2) is 9.32. The first-order valence-electron chi connectivity index (χ1n) is 10.5. The summed E-state index contributed by atoms with van der Waals surface area (Å²) in [6, 6.07) is 18.6. The maximum atomic E-state index is 12.5. The van der Waals surface area contributed by atoms with Crippen LogP contribution in [0.1, 0.15) is 30.4 Å². The Labute approximate surface area is 177 Å².